The van der Waals surface area contributed by atoms with E-state index in [2.05, 4.69) is 10.9 Å². The number of hydrogen-bond donors (Lipinski definition) is 2. The number of rotatable bonds is 14. The molecule has 6 aromatic rings. The average Bonchev–Trinajstić information content (AvgIpc) is 3.22. The molecule has 0 saturated carbocycles. The van der Waals surface area contributed by atoms with Gasteiger partial charge in [-0.15, -0.1) is 0 Å². The molecule has 0 aliphatic carbocycles. The lowest BCUT2D eigenvalue weighted by Crippen LogP contribution is -2.25. The fraction of sp³-hybridized carbons (Fsp3) is 0. The summed E-state index contributed by atoms with van der Waals surface area (Å²) in [7, 11) is 0. The fourth-order valence-electron chi connectivity index (χ4n) is 5.30. The molecule has 0 fully saturated rings. The highest BCUT2D eigenvalue weighted by atomic mass is 16.6. The third-order valence-electron chi connectivity index (χ3n) is 7.88. The van der Waals surface area contributed by atoms with Gasteiger partial charge in [-0.3, -0.25) is 81.6 Å². The number of nitro benzene ring substituents is 6. The number of hydrogen-bond acceptors (Lipinski definition) is 16. The molecule has 22 nitrogen and oxygen atoms in total. The van der Waals surface area contributed by atoms with Gasteiger partial charge in [-0.1, -0.05) is 72.8 Å². The van der Waals surface area contributed by atoms with Crippen LogP contribution in [0.15, 0.2) is 146 Å². The number of nitrogens with one attached hydrogen (secondary N) is 2. The first-order valence-electron chi connectivity index (χ1n) is 16.3. The Kier molecular flexibility index (Phi) is 12.3. The van der Waals surface area contributed by atoms with Gasteiger partial charge in [0.15, 0.2) is 0 Å². The molecule has 6 aromatic carbocycles. The van der Waals surface area contributed by atoms with E-state index in [-0.39, 0.29) is 0 Å². The van der Waals surface area contributed by atoms with Crippen molar-refractivity contribution in [2.75, 3.05) is 20.9 Å². The molecule has 0 atom stereocenters. The molecule has 0 radical (unpaired) electrons. The minimum absolute atomic E-state index is 0.474. The number of benzene rings is 6. The Morgan fingerprint density at radius 3 is 0.707 bits per heavy atom. The second-order valence-corrected chi connectivity index (χ2v) is 11.5. The van der Waals surface area contributed by atoms with E-state index in [0.29, 0.717) is 47.0 Å². The molecule has 2 N–H and O–H groups in total. The highest BCUT2D eigenvalue weighted by Gasteiger charge is 2.33. The molecule has 0 aliphatic heterocycles. The van der Waals surface area contributed by atoms with Gasteiger partial charge in [0.2, 0.25) is 11.4 Å². The molecule has 292 valence electrons. The number of nitrogens with zero attached hydrogens (tertiary/aromatic N) is 8. The largest absolute Gasteiger partial charge is 0.308 e. The molecular weight excluding hydrogens is 764 g/mol. The Hall–Kier alpha value is -9.08. The first-order chi connectivity index (χ1) is 27.8. The van der Waals surface area contributed by atoms with Crippen LogP contribution in [0.4, 0.5) is 68.2 Å². The maximum Gasteiger partial charge on any atom is 0.308 e. The van der Waals surface area contributed by atoms with Gasteiger partial charge in [0.1, 0.15) is 0 Å². The summed E-state index contributed by atoms with van der Waals surface area (Å²) in [6, 6.07) is 37.2. The summed E-state index contributed by atoms with van der Waals surface area (Å²) in [5.74, 6) is 0. The Bertz CT molecular complexity index is 2170. The quantitative estimate of drug-likeness (QED) is 0.0767. The van der Waals surface area contributed by atoms with Crippen LogP contribution < -0.4 is 20.9 Å². The van der Waals surface area contributed by atoms with E-state index >= 15 is 0 Å². The fourth-order valence-corrected chi connectivity index (χ4v) is 5.30. The summed E-state index contributed by atoms with van der Waals surface area (Å²) < 4.78 is 0. The molecule has 0 heterocycles. The molecular formula is C36H26N10O12. The molecule has 22 heteroatoms. The van der Waals surface area contributed by atoms with E-state index in [4.69, 9.17) is 0 Å². The van der Waals surface area contributed by atoms with Crippen LogP contribution in [0.2, 0.25) is 0 Å². The van der Waals surface area contributed by atoms with Crippen LogP contribution >= 0.6 is 0 Å². The first kappa shape index (κ1) is 40.1. The van der Waals surface area contributed by atoms with E-state index in [1.807, 2.05) is 0 Å². The Balaban J connectivity index is 0.000000221. The normalized spacial score (nSPS) is 10.2. The number of para-hydroxylation sites is 4. The van der Waals surface area contributed by atoms with Crippen molar-refractivity contribution in [3.8, 4) is 0 Å². The standard InChI is InChI=1S/2C18H13N5O6/c2*24-21(25)15-11-16(22(26)27)18(17(12-15)23(28)29)19-20(13-7-3-1-4-8-13)14-9-5-2-6-10-14/h2*1-12,19H. The maximum absolute atomic E-state index is 11.5. The van der Waals surface area contributed by atoms with Gasteiger partial charge in [-0.2, -0.15) is 0 Å². The van der Waals surface area contributed by atoms with E-state index in [9.17, 15) is 60.7 Å². The van der Waals surface area contributed by atoms with Crippen molar-refractivity contribution < 1.29 is 29.5 Å². The third-order valence-corrected chi connectivity index (χ3v) is 7.88. The van der Waals surface area contributed by atoms with Crippen molar-refractivity contribution in [2.45, 2.75) is 0 Å². The summed E-state index contributed by atoms with van der Waals surface area (Å²) in [5.41, 5.74) is 1.97. The van der Waals surface area contributed by atoms with Crippen LogP contribution in [0.5, 0.6) is 0 Å². The lowest BCUT2D eigenvalue weighted by Gasteiger charge is -2.26. The molecule has 0 unspecified atom stereocenters. The average molecular weight is 791 g/mol. The molecule has 0 bridgehead atoms. The van der Waals surface area contributed by atoms with E-state index < -0.39 is 75.0 Å². The van der Waals surface area contributed by atoms with Crippen molar-refractivity contribution in [3.05, 3.63) is 206 Å². The highest BCUT2D eigenvalue weighted by molar-refractivity contribution is 5.82. The monoisotopic (exact) mass is 790 g/mol. The maximum atomic E-state index is 11.5. The zero-order chi connectivity index (χ0) is 41.9. The molecule has 0 saturated heterocycles. The van der Waals surface area contributed by atoms with Gasteiger partial charge >= 0.3 is 22.7 Å². The van der Waals surface area contributed by atoms with Gasteiger partial charge in [0, 0.05) is 0 Å². The van der Waals surface area contributed by atoms with Gasteiger partial charge in [-0.05, 0) is 48.5 Å². The molecule has 0 amide bonds. The van der Waals surface area contributed by atoms with Crippen molar-refractivity contribution >= 4 is 68.2 Å². The number of hydrazine groups is 2. The molecule has 58 heavy (non-hydrogen) atoms. The predicted molar refractivity (Wildman–Crippen MR) is 210 cm³/mol. The lowest BCUT2D eigenvalue weighted by molar-refractivity contribution is -0.402. The van der Waals surface area contributed by atoms with Gasteiger partial charge in [0.25, 0.3) is 11.4 Å². The lowest BCUT2D eigenvalue weighted by atomic mass is 10.2. The van der Waals surface area contributed by atoms with Crippen LogP contribution in [0.25, 0.3) is 0 Å². The minimum Gasteiger partial charge on any atom is -0.282 e. The van der Waals surface area contributed by atoms with E-state index in [1.54, 1.807) is 121 Å². The summed E-state index contributed by atoms with van der Waals surface area (Å²) in [5, 5.41) is 71.1. The number of nitro groups is 6. The number of non-ortho nitro benzene ring substituents is 2. The topological polar surface area (TPSA) is 289 Å². The molecule has 6 rings (SSSR count). The van der Waals surface area contributed by atoms with Crippen LogP contribution in [-0.4, -0.2) is 29.5 Å². The summed E-state index contributed by atoms with van der Waals surface area (Å²) in [6.45, 7) is 0. The van der Waals surface area contributed by atoms with E-state index in [0.717, 1.165) is 0 Å². The van der Waals surface area contributed by atoms with Crippen molar-refractivity contribution in [1.82, 2.24) is 0 Å². The van der Waals surface area contributed by atoms with Gasteiger partial charge in [-0.25, -0.2) is 0 Å². The molecule has 0 aliphatic rings. The van der Waals surface area contributed by atoms with E-state index in [1.165, 1.54) is 10.0 Å². The summed E-state index contributed by atoms with van der Waals surface area (Å²) >= 11 is 0. The van der Waals surface area contributed by atoms with Crippen LogP contribution in [0.1, 0.15) is 0 Å². The van der Waals surface area contributed by atoms with Crippen LogP contribution in [0.3, 0.4) is 0 Å². The Morgan fingerprint density at radius 2 is 0.534 bits per heavy atom. The van der Waals surface area contributed by atoms with Crippen LogP contribution in [-0.2, 0) is 0 Å². The molecule has 0 spiro atoms. The third kappa shape index (κ3) is 9.34. The van der Waals surface area contributed by atoms with Gasteiger partial charge < -0.3 is 0 Å². The first-order valence-corrected chi connectivity index (χ1v) is 16.3. The second kappa shape index (κ2) is 17.8. The Labute approximate surface area is 324 Å². The molecule has 0 aromatic heterocycles. The highest BCUT2D eigenvalue weighted by Crippen LogP contribution is 2.42. The summed E-state index contributed by atoms with van der Waals surface area (Å²) in [4.78, 5) is 62.8. The SMILES string of the molecule is O=[N+]([O-])c1cc([N+](=O)[O-])c(NN(c2ccccc2)c2ccccc2)c([N+](=O)[O-])c1.O=[N+]([O-])c1cc([N+](=O)[O-])c(NN(c2ccccc2)c2ccccc2)c([N+](=O)[O-])c1. The zero-order valence-corrected chi connectivity index (χ0v) is 29.3. The second-order valence-electron chi connectivity index (χ2n) is 11.5. The van der Waals surface area contributed by atoms with Crippen LogP contribution in [0, 0.1) is 60.7 Å². The smallest absolute Gasteiger partial charge is 0.282 e. The summed E-state index contributed by atoms with van der Waals surface area (Å²) in [6.07, 6.45) is 0. The van der Waals surface area contributed by atoms with Crippen molar-refractivity contribution in [3.63, 3.8) is 0 Å². The van der Waals surface area contributed by atoms with Gasteiger partial charge in [0.05, 0.1) is 76.6 Å². The van der Waals surface area contributed by atoms with Crippen molar-refractivity contribution in [2.24, 2.45) is 0 Å². The Morgan fingerprint density at radius 1 is 0.328 bits per heavy atom. The zero-order valence-electron chi connectivity index (χ0n) is 29.3. The predicted octanol–water partition coefficient (Wildman–Crippen LogP) is 9.15. The number of anilines is 6. The van der Waals surface area contributed by atoms with Crippen molar-refractivity contribution in [1.29, 1.82) is 0 Å². The minimum atomic E-state index is -0.921.